The van der Waals surface area contributed by atoms with Gasteiger partial charge in [0.05, 0.1) is 17.7 Å². The van der Waals surface area contributed by atoms with E-state index in [0.29, 0.717) is 12.3 Å². The summed E-state index contributed by atoms with van der Waals surface area (Å²) in [6, 6.07) is 14.8. The van der Waals surface area contributed by atoms with E-state index in [1.165, 1.54) is 16.7 Å². The predicted molar refractivity (Wildman–Crippen MR) is 121 cm³/mol. The van der Waals surface area contributed by atoms with Crippen LogP contribution in [0.15, 0.2) is 54.6 Å². The molecule has 0 radical (unpaired) electrons. The molecule has 3 heterocycles. The topological polar surface area (TPSA) is 67.1 Å². The van der Waals surface area contributed by atoms with Crippen molar-refractivity contribution in [1.82, 2.24) is 4.57 Å². The third-order valence-corrected chi connectivity index (χ3v) is 6.56. The Bertz CT molecular complexity index is 1190. The van der Waals surface area contributed by atoms with Crippen molar-refractivity contribution >= 4 is 11.8 Å². The van der Waals surface area contributed by atoms with Crippen LogP contribution in [0.3, 0.4) is 0 Å². The molecular weight excluding hydrogens is 392 g/mol. The van der Waals surface area contributed by atoms with Crippen molar-refractivity contribution in [3.8, 4) is 28.9 Å². The fourth-order valence-electron chi connectivity index (χ4n) is 4.88. The standard InChI is InChI=1S/C25H26N2O4/c1-5-30-20-8-6-7-16-13-14-25(31-23(16)20)24(2,3)18-15-17(9-10-19(18)26(25)4)27-21(28)11-12-22(27)29/h6-15,28-29H,5H2,1-4H3. The number of likely N-dealkylation sites (N-methyl/N-ethyl adjacent to an activating group) is 1. The van der Waals surface area contributed by atoms with Crippen LogP contribution in [0.5, 0.6) is 23.3 Å². The number of aromatic nitrogens is 1. The molecular formula is C25H26N2O4. The zero-order valence-electron chi connectivity index (χ0n) is 18.1. The number of ether oxygens (including phenoxy) is 2. The Morgan fingerprint density at radius 1 is 1.03 bits per heavy atom. The molecule has 1 unspecified atom stereocenters. The van der Waals surface area contributed by atoms with Gasteiger partial charge in [-0.1, -0.05) is 12.1 Å². The van der Waals surface area contributed by atoms with E-state index in [9.17, 15) is 10.2 Å². The molecule has 5 rings (SSSR count). The van der Waals surface area contributed by atoms with Crippen LogP contribution in [0.4, 0.5) is 5.69 Å². The Labute approximate surface area is 181 Å². The quantitative estimate of drug-likeness (QED) is 0.639. The summed E-state index contributed by atoms with van der Waals surface area (Å²) in [7, 11) is 2.02. The maximum Gasteiger partial charge on any atom is 0.212 e. The molecule has 2 aromatic carbocycles. The number of hydrogen-bond acceptors (Lipinski definition) is 5. The molecule has 3 aromatic rings. The fourth-order valence-corrected chi connectivity index (χ4v) is 4.88. The molecule has 0 aliphatic carbocycles. The second-order valence-electron chi connectivity index (χ2n) is 8.51. The van der Waals surface area contributed by atoms with Crippen LogP contribution in [0.25, 0.3) is 11.8 Å². The Morgan fingerprint density at radius 3 is 2.48 bits per heavy atom. The van der Waals surface area contributed by atoms with Gasteiger partial charge in [-0.25, -0.2) is 0 Å². The summed E-state index contributed by atoms with van der Waals surface area (Å²) in [5.41, 5.74) is 2.56. The van der Waals surface area contributed by atoms with Crippen molar-refractivity contribution in [2.24, 2.45) is 0 Å². The molecule has 2 aliphatic rings. The lowest BCUT2D eigenvalue weighted by atomic mass is 9.76. The molecule has 0 saturated heterocycles. The van der Waals surface area contributed by atoms with Gasteiger partial charge in [-0.05, 0) is 62.8 Å². The second kappa shape index (κ2) is 6.48. The number of fused-ring (bicyclic) bond motifs is 2. The number of anilines is 1. The second-order valence-corrected chi connectivity index (χ2v) is 8.51. The van der Waals surface area contributed by atoms with Crippen LogP contribution < -0.4 is 14.4 Å². The number of rotatable bonds is 3. The lowest BCUT2D eigenvalue weighted by Crippen LogP contribution is -2.58. The predicted octanol–water partition coefficient (Wildman–Crippen LogP) is 4.82. The van der Waals surface area contributed by atoms with Gasteiger partial charge in [0.1, 0.15) is 0 Å². The average Bonchev–Trinajstić information content (AvgIpc) is 3.17. The molecule has 0 amide bonds. The van der Waals surface area contributed by atoms with Gasteiger partial charge in [-0.15, -0.1) is 0 Å². The molecule has 6 nitrogen and oxygen atoms in total. The fraction of sp³-hybridized carbons (Fsp3) is 0.280. The van der Waals surface area contributed by atoms with Crippen LogP contribution >= 0.6 is 0 Å². The first-order valence-electron chi connectivity index (χ1n) is 10.4. The number of hydrogen-bond donors (Lipinski definition) is 2. The summed E-state index contributed by atoms with van der Waals surface area (Å²) in [4.78, 5) is 2.14. The third kappa shape index (κ3) is 2.51. The minimum atomic E-state index is -0.755. The van der Waals surface area contributed by atoms with Gasteiger partial charge < -0.3 is 24.6 Å². The van der Waals surface area contributed by atoms with Gasteiger partial charge in [-0.3, -0.25) is 4.57 Å². The molecule has 1 spiro atoms. The Hall–Kier alpha value is -3.54. The lowest BCUT2D eigenvalue weighted by molar-refractivity contribution is 0.0545. The summed E-state index contributed by atoms with van der Waals surface area (Å²) in [6.07, 6.45) is 4.20. The van der Waals surface area contributed by atoms with Crippen molar-refractivity contribution in [2.75, 3.05) is 18.6 Å². The van der Waals surface area contributed by atoms with Gasteiger partial charge in [0.25, 0.3) is 0 Å². The summed E-state index contributed by atoms with van der Waals surface area (Å²) in [5, 5.41) is 20.4. The molecule has 0 bridgehead atoms. The van der Waals surface area contributed by atoms with Crippen molar-refractivity contribution < 1.29 is 19.7 Å². The lowest BCUT2D eigenvalue weighted by Gasteiger charge is -2.46. The molecule has 0 fully saturated rings. The van der Waals surface area contributed by atoms with Crippen LogP contribution in [0.2, 0.25) is 0 Å². The number of aromatic hydroxyl groups is 2. The SMILES string of the molecule is CCOc1cccc2c1OC1(C=C2)N(C)c2ccc(-n3c(O)ccc3O)cc2C1(C)C. The van der Waals surface area contributed by atoms with Gasteiger partial charge in [0.2, 0.25) is 5.72 Å². The number of nitrogens with zero attached hydrogens (tertiary/aromatic N) is 2. The monoisotopic (exact) mass is 418 g/mol. The Morgan fingerprint density at radius 2 is 1.77 bits per heavy atom. The first-order chi connectivity index (χ1) is 14.8. The van der Waals surface area contributed by atoms with E-state index in [-0.39, 0.29) is 11.8 Å². The van der Waals surface area contributed by atoms with Crippen molar-refractivity contribution in [3.05, 3.63) is 65.7 Å². The normalized spacial score (nSPS) is 20.5. The molecule has 31 heavy (non-hydrogen) atoms. The van der Waals surface area contributed by atoms with Crippen LogP contribution in [-0.4, -0.2) is 34.2 Å². The smallest absolute Gasteiger partial charge is 0.212 e. The first kappa shape index (κ1) is 19.4. The summed E-state index contributed by atoms with van der Waals surface area (Å²) in [5.74, 6) is 1.44. The maximum atomic E-state index is 10.2. The summed E-state index contributed by atoms with van der Waals surface area (Å²) < 4.78 is 14.0. The van der Waals surface area contributed by atoms with E-state index in [0.717, 1.165) is 28.3 Å². The zero-order valence-corrected chi connectivity index (χ0v) is 18.1. The van der Waals surface area contributed by atoms with E-state index in [1.807, 2.05) is 50.4 Å². The van der Waals surface area contributed by atoms with Crippen molar-refractivity contribution in [1.29, 1.82) is 0 Å². The van der Waals surface area contributed by atoms with Crippen LogP contribution in [0.1, 0.15) is 31.9 Å². The highest BCUT2D eigenvalue weighted by atomic mass is 16.5. The van der Waals surface area contributed by atoms with Gasteiger partial charge in [0, 0.05) is 30.4 Å². The van der Waals surface area contributed by atoms with Gasteiger partial charge in [-0.2, -0.15) is 0 Å². The molecule has 6 heteroatoms. The highest BCUT2D eigenvalue weighted by molar-refractivity contribution is 5.74. The van der Waals surface area contributed by atoms with Crippen molar-refractivity contribution in [2.45, 2.75) is 31.9 Å². The molecule has 2 N–H and O–H groups in total. The molecule has 0 saturated carbocycles. The Balaban J connectivity index is 1.64. The zero-order chi connectivity index (χ0) is 22.0. The largest absolute Gasteiger partial charge is 0.494 e. The highest BCUT2D eigenvalue weighted by Crippen LogP contribution is 2.56. The van der Waals surface area contributed by atoms with E-state index >= 15 is 0 Å². The first-order valence-corrected chi connectivity index (χ1v) is 10.4. The van der Waals surface area contributed by atoms with E-state index in [4.69, 9.17) is 9.47 Å². The average molecular weight is 418 g/mol. The summed E-state index contributed by atoms with van der Waals surface area (Å²) in [6.45, 7) is 6.81. The highest BCUT2D eigenvalue weighted by Gasteiger charge is 2.58. The number of para-hydroxylation sites is 1. The molecule has 2 aliphatic heterocycles. The Kier molecular flexibility index (Phi) is 4.06. The minimum absolute atomic E-state index is 0.0135. The van der Waals surface area contributed by atoms with Crippen molar-refractivity contribution in [3.63, 3.8) is 0 Å². The van der Waals surface area contributed by atoms with Gasteiger partial charge in [0.15, 0.2) is 23.3 Å². The van der Waals surface area contributed by atoms with E-state index < -0.39 is 11.1 Å². The van der Waals surface area contributed by atoms with E-state index in [1.54, 1.807) is 0 Å². The third-order valence-electron chi connectivity index (χ3n) is 6.56. The van der Waals surface area contributed by atoms with Crippen LogP contribution in [0, 0.1) is 0 Å². The van der Waals surface area contributed by atoms with Crippen LogP contribution in [-0.2, 0) is 5.41 Å². The van der Waals surface area contributed by atoms with Gasteiger partial charge >= 0.3 is 0 Å². The van der Waals surface area contributed by atoms with E-state index in [2.05, 4.69) is 30.9 Å². The number of benzene rings is 2. The molecule has 160 valence electrons. The molecule has 1 aromatic heterocycles. The minimum Gasteiger partial charge on any atom is -0.494 e. The maximum absolute atomic E-state index is 10.2. The summed E-state index contributed by atoms with van der Waals surface area (Å²) >= 11 is 0. The molecule has 1 atom stereocenters.